The maximum absolute atomic E-state index is 11.5. The normalized spacial score (nSPS) is 17.7. The number of hydrogen-bond acceptors (Lipinski definition) is 2. The number of allylic oxidation sites excluding steroid dienone is 1. The van der Waals surface area contributed by atoms with Gasteiger partial charge in [0.05, 0.1) is 6.10 Å². The van der Waals surface area contributed by atoms with E-state index >= 15 is 0 Å². The fourth-order valence-electron chi connectivity index (χ4n) is 3.98. The quantitative estimate of drug-likeness (QED) is 0.262. The van der Waals surface area contributed by atoms with Crippen LogP contribution in [0.25, 0.3) is 0 Å². The topological polar surface area (TPSA) is 26.3 Å². The monoisotopic (exact) mass is 340 g/mol. The maximum Gasteiger partial charge on any atom is 0.201 e. The number of carbonyl (C=O) groups is 1. The van der Waals surface area contributed by atoms with E-state index in [0.29, 0.717) is 22.5 Å². The van der Waals surface area contributed by atoms with E-state index in [-0.39, 0.29) is 12.0 Å². The molecular weight excluding hydrogens is 300 g/mol. The highest BCUT2D eigenvalue weighted by atomic mass is 28.4. The van der Waals surface area contributed by atoms with Crippen molar-refractivity contribution < 1.29 is 9.22 Å². The SMILES string of the molecule is CC[C@H](C)/C=C(\C)[C@H](O[Si](C(C)C)(C(C)C)C(C)C)[C@H](C)C=O. The van der Waals surface area contributed by atoms with Crippen LogP contribution in [0.5, 0.6) is 0 Å². The van der Waals surface area contributed by atoms with E-state index in [0.717, 1.165) is 12.7 Å². The Morgan fingerprint density at radius 1 is 0.957 bits per heavy atom. The Morgan fingerprint density at radius 3 is 1.70 bits per heavy atom. The summed E-state index contributed by atoms with van der Waals surface area (Å²) in [5, 5.41) is 0. The molecule has 0 saturated carbocycles. The van der Waals surface area contributed by atoms with Gasteiger partial charge < -0.3 is 9.22 Å². The largest absolute Gasteiger partial charge is 0.409 e. The second-order valence-corrected chi connectivity index (χ2v) is 13.6. The van der Waals surface area contributed by atoms with Crippen molar-refractivity contribution >= 4 is 14.6 Å². The Kier molecular flexibility index (Phi) is 9.60. The van der Waals surface area contributed by atoms with E-state index in [1.807, 2.05) is 6.92 Å². The second kappa shape index (κ2) is 9.78. The highest BCUT2D eigenvalue weighted by Crippen LogP contribution is 2.44. The van der Waals surface area contributed by atoms with Crippen LogP contribution >= 0.6 is 0 Å². The fraction of sp³-hybridized carbons (Fsp3) is 0.850. The lowest BCUT2D eigenvalue weighted by atomic mass is 9.96. The molecule has 0 amide bonds. The summed E-state index contributed by atoms with van der Waals surface area (Å²) in [6.45, 7) is 22.3. The molecule has 0 fully saturated rings. The van der Waals surface area contributed by atoms with Gasteiger partial charge in [0.15, 0.2) is 0 Å². The zero-order chi connectivity index (χ0) is 18.4. The van der Waals surface area contributed by atoms with Crippen LogP contribution in [-0.4, -0.2) is 20.7 Å². The highest BCUT2D eigenvalue weighted by molar-refractivity contribution is 6.77. The molecule has 2 nitrogen and oxygen atoms in total. The number of carbonyl (C=O) groups excluding carboxylic acids is 1. The summed E-state index contributed by atoms with van der Waals surface area (Å²) >= 11 is 0. The van der Waals surface area contributed by atoms with E-state index in [1.165, 1.54) is 5.57 Å². The number of rotatable bonds is 10. The Hall–Kier alpha value is -0.413. The minimum Gasteiger partial charge on any atom is -0.409 e. The van der Waals surface area contributed by atoms with Crippen LogP contribution in [-0.2, 0) is 9.22 Å². The second-order valence-electron chi connectivity index (χ2n) is 8.15. The summed E-state index contributed by atoms with van der Waals surface area (Å²) in [5.74, 6) is 0.423. The Morgan fingerprint density at radius 2 is 1.39 bits per heavy atom. The van der Waals surface area contributed by atoms with Gasteiger partial charge in [-0.3, -0.25) is 0 Å². The first-order valence-electron chi connectivity index (χ1n) is 9.35. The maximum atomic E-state index is 11.5. The van der Waals surface area contributed by atoms with E-state index in [2.05, 4.69) is 68.4 Å². The van der Waals surface area contributed by atoms with Crippen LogP contribution in [0, 0.1) is 11.8 Å². The minimum absolute atomic E-state index is 0.0830. The lowest BCUT2D eigenvalue weighted by Gasteiger charge is -2.45. The van der Waals surface area contributed by atoms with Crippen LogP contribution in [0.4, 0.5) is 0 Å². The Balaban J connectivity index is 5.82. The van der Waals surface area contributed by atoms with Crippen molar-refractivity contribution in [3.8, 4) is 0 Å². The van der Waals surface area contributed by atoms with Gasteiger partial charge in [-0.1, -0.05) is 74.8 Å². The summed E-state index contributed by atoms with van der Waals surface area (Å²) in [7, 11) is -1.99. The van der Waals surface area contributed by atoms with Crippen molar-refractivity contribution in [1.29, 1.82) is 0 Å². The van der Waals surface area contributed by atoms with Gasteiger partial charge in [0, 0.05) is 5.92 Å². The predicted octanol–water partition coefficient (Wildman–Crippen LogP) is 6.37. The number of aldehydes is 1. The van der Waals surface area contributed by atoms with E-state index in [4.69, 9.17) is 4.43 Å². The number of hydrogen-bond donors (Lipinski definition) is 0. The van der Waals surface area contributed by atoms with Crippen LogP contribution < -0.4 is 0 Å². The first-order chi connectivity index (χ1) is 10.5. The highest BCUT2D eigenvalue weighted by Gasteiger charge is 2.47. The fourth-order valence-corrected chi connectivity index (χ4v) is 9.63. The molecule has 0 aliphatic rings. The van der Waals surface area contributed by atoms with Gasteiger partial charge >= 0.3 is 0 Å². The van der Waals surface area contributed by atoms with Crippen LogP contribution in [0.15, 0.2) is 11.6 Å². The smallest absolute Gasteiger partial charge is 0.201 e. The molecule has 0 radical (unpaired) electrons. The van der Waals surface area contributed by atoms with Crippen molar-refractivity contribution in [2.45, 2.75) is 98.4 Å². The van der Waals surface area contributed by atoms with Crippen molar-refractivity contribution in [3.63, 3.8) is 0 Å². The molecule has 23 heavy (non-hydrogen) atoms. The summed E-state index contributed by atoms with van der Waals surface area (Å²) in [5.41, 5.74) is 2.80. The molecule has 0 aromatic heterocycles. The molecule has 0 heterocycles. The summed E-state index contributed by atoms with van der Waals surface area (Å²) in [6, 6.07) is 0. The molecule has 0 aliphatic carbocycles. The summed E-state index contributed by atoms with van der Waals surface area (Å²) in [6.07, 6.45) is 4.38. The third-order valence-corrected chi connectivity index (χ3v) is 11.4. The minimum atomic E-state index is -1.99. The van der Waals surface area contributed by atoms with Crippen LogP contribution in [0.2, 0.25) is 16.6 Å². The van der Waals surface area contributed by atoms with Gasteiger partial charge in [0.1, 0.15) is 6.29 Å². The van der Waals surface area contributed by atoms with Crippen molar-refractivity contribution in [1.82, 2.24) is 0 Å². The van der Waals surface area contributed by atoms with E-state index in [9.17, 15) is 4.79 Å². The third-order valence-electron chi connectivity index (χ3n) is 5.37. The van der Waals surface area contributed by atoms with Gasteiger partial charge in [0.25, 0.3) is 0 Å². The predicted molar refractivity (Wildman–Crippen MR) is 104 cm³/mol. The average molecular weight is 341 g/mol. The van der Waals surface area contributed by atoms with Crippen molar-refractivity contribution in [3.05, 3.63) is 11.6 Å². The molecular formula is C20H40O2Si. The lowest BCUT2D eigenvalue weighted by Crippen LogP contribution is -2.51. The molecule has 0 spiro atoms. The molecule has 0 N–H and O–H groups in total. The van der Waals surface area contributed by atoms with Crippen molar-refractivity contribution in [2.24, 2.45) is 11.8 Å². The Labute approximate surface area is 146 Å². The first kappa shape index (κ1) is 22.6. The Bertz CT molecular complexity index is 363. The molecule has 3 heteroatoms. The molecule has 0 bridgehead atoms. The van der Waals surface area contributed by atoms with Gasteiger partial charge in [-0.15, -0.1) is 0 Å². The van der Waals surface area contributed by atoms with Gasteiger partial charge in [-0.2, -0.15) is 0 Å². The molecule has 0 unspecified atom stereocenters. The molecule has 3 atom stereocenters. The first-order valence-corrected chi connectivity index (χ1v) is 11.5. The molecule has 0 aromatic rings. The van der Waals surface area contributed by atoms with E-state index < -0.39 is 8.32 Å². The standard InChI is InChI=1S/C20H40O2Si/c1-11-17(8)12-18(9)20(19(10)13-21)22-23(14(2)3,15(4)5)16(6)7/h12-17,19-20H,11H2,1-10H3/b18-12+/t17-,19+,20-/m0/s1. The molecule has 136 valence electrons. The third kappa shape index (κ3) is 5.56. The van der Waals surface area contributed by atoms with Crippen molar-refractivity contribution in [2.75, 3.05) is 0 Å². The van der Waals surface area contributed by atoms with Crippen LogP contribution in [0.3, 0.4) is 0 Å². The summed E-state index contributed by atoms with van der Waals surface area (Å²) < 4.78 is 6.92. The zero-order valence-electron chi connectivity index (χ0n) is 17.1. The summed E-state index contributed by atoms with van der Waals surface area (Å²) in [4.78, 5) is 11.5. The van der Waals surface area contributed by atoms with Gasteiger partial charge in [0.2, 0.25) is 8.32 Å². The van der Waals surface area contributed by atoms with Gasteiger partial charge in [-0.25, -0.2) is 0 Å². The molecule has 0 rings (SSSR count). The molecule has 0 aliphatic heterocycles. The zero-order valence-corrected chi connectivity index (χ0v) is 18.1. The molecule has 0 aromatic carbocycles. The van der Waals surface area contributed by atoms with E-state index in [1.54, 1.807) is 0 Å². The van der Waals surface area contributed by atoms with Crippen LogP contribution in [0.1, 0.15) is 75.7 Å². The lowest BCUT2D eigenvalue weighted by molar-refractivity contribution is -0.112. The molecule has 0 saturated heterocycles. The average Bonchev–Trinajstić information content (AvgIpc) is 2.45. The van der Waals surface area contributed by atoms with Gasteiger partial charge in [-0.05, 0) is 35.0 Å².